The molecule has 1 aromatic carbocycles. The summed E-state index contributed by atoms with van der Waals surface area (Å²) in [5.74, 6) is 0.0583. The smallest absolute Gasteiger partial charge is 0.343 e. The number of furan rings is 1. The second kappa shape index (κ2) is 8.50. The van der Waals surface area contributed by atoms with Crippen molar-refractivity contribution in [3.63, 3.8) is 0 Å². The summed E-state index contributed by atoms with van der Waals surface area (Å²) in [5.41, 5.74) is 0.289. The highest BCUT2D eigenvalue weighted by Gasteiger charge is 2.47. The zero-order valence-corrected chi connectivity index (χ0v) is 22.0. The van der Waals surface area contributed by atoms with Gasteiger partial charge < -0.3 is 18.9 Å². The number of ether oxygens (including phenoxy) is 1. The lowest BCUT2D eigenvalue weighted by molar-refractivity contribution is -0.0169. The van der Waals surface area contributed by atoms with Crippen LogP contribution < -0.4 is 5.32 Å². The van der Waals surface area contributed by atoms with Gasteiger partial charge in [-0.3, -0.25) is 4.79 Å². The van der Waals surface area contributed by atoms with Crippen molar-refractivity contribution in [3.05, 3.63) is 34.0 Å². The van der Waals surface area contributed by atoms with Crippen molar-refractivity contribution in [2.24, 2.45) is 5.92 Å². The van der Waals surface area contributed by atoms with Crippen LogP contribution in [-0.4, -0.2) is 33.3 Å². The average molecular weight is 480 g/mol. The van der Waals surface area contributed by atoms with Crippen LogP contribution in [0.15, 0.2) is 16.5 Å². The summed E-state index contributed by atoms with van der Waals surface area (Å²) in [6.45, 7) is 17.7. The van der Waals surface area contributed by atoms with Crippen LogP contribution in [0.1, 0.15) is 74.4 Å². The van der Waals surface area contributed by atoms with Gasteiger partial charge in [-0.05, 0) is 49.5 Å². The normalized spacial score (nSPS) is 18.9. The minimum absolute atomic E-state index is 0.107. The molecule has 32 heavy (non-hydrogen) atoms. The lowest BCUT2D eigenvalue weighted by Gasteiger charge is -2.36. The van der Waals surface area contributed by atoms with Crippen LogP contribution in [0.5, 0.6) is 0 Å². The van der Waals surface area contributed by atoms with E-state index in [2.05, 4.69) is 53.0 Å². The molecule has 0 fully saturated rings. The molecule has 1 N–H and O–H groups in total. The topological polar surface area (TPSA) is 77.8 Å². The van der Waals surface area contributed by atoms with Crippen molar-refractivity contribution in [2.75, 3.05) is 13.2 Å². The molecule has 1 amide bonds. The Bertz CT molecular complexity index is 1050. The van der Waals surface area contributed by atoms with Crippen LogP contribution >= 0.6 is 11.6 Å². The molecule has 176 valence electrons. The van der Waals surface area contributed by atoms with E-state index in [1.807, 2.05) is 6.92 Å². The number of hydrogen-bond acceptors (Lipinski definition) is 5. The highest BCUT2D eigenvalue weighted by atomic mass is 35.5. The largest absolute Gasteiger partial charge is 0.454 e. The third kappa shape index (κ3) is 4.61. The Balaban J connectivity index is 1.80. The molecule has 0 saturated carbocycles. The molecule has 0 bridgehead atoms. The van der Waals surface area contributed by atoms with Gasteiger partial charge >= 0.3 is 5.97 Å². The maximum absolute atomic E-state index is 12.8. The maximum Gasteiger partial charge on any atom is 0.343 e. The molecular formula is C24H34ClNO5Si. The van der Waals surface area contributed by atoms with Crippen LogP contribution in [0.25, 0.3) is 11.0 Å². The molecule has 1 atom stereocenters. The molecule has 0 aliphatic carbocycles. The number of rotatable bonds is 7. The molecule has 0 spiro atoms. The number of halogens is 1. The minimum Gasteiger partial charge on any atom is -0.454 e. The second-order valence-electron chi connectivity index (χ2n) is 10.7. The molecule has 0 saturated heterocycles. The second-order valence-corrected chi connectivity index (χ2v) is 15.9. The van der Waals surface area contributed by atoms with E-state index >= 15 is 0 Å². The van der Waals surface area contributed by atoms with Gasteiger partial charge in [0.2, 0.25) is 0 Å². The predicted molar refractivity (Wildman–Crippen MR) is 129 cm³/mol. The third-order valence-electron chi connectivity index (χ3n) is 6.46. The van der Waals surface area contributed by atoms with Crippen LogP contribution in [0.2, 0.25) is 23.2 Å². The van der Waals surface area contributed by atoms with Gasteiger partial charge in [-0.15, -0.1) is 0 Å². The molecule has 8 heteroatoms. The molecule has 2 aromatic rings. The number of benzene rings is 1. The van der Waals surface area contributed by atoms with Gasteiger partial charge in [0, 0.05) is 17.5 Å². The van der Waals surface area contributed by atoms with Gasteiger partial charge in [-0.1, -0.05) is 46.2 Å². The number of cyclic esters (lactones) is 1. The van der Waals surface area contributed by atoms with Crippen LogP contribution in [-0.2, 0) is 14.8 Å². The highest BCUT2D eigenvalue weighted by molar-refractivity contribution is 6.74. The quantitative estimate of drug-likeness (QED) is 0.287. The van der Waals surface area contributed by atoms with Gasteiger partial charge in [0.05, 0.1) is 11.6 Å². The summed E-state index contributed by atoms with van der Waals surface area (Å²) >= 11 is 6.45. The number of fused-ring (bicyclic) bond motifs is 3. The van der Waals surface area contributed by atoms with Crippen molar-refractivity contribution in [2.45, 2.75) is 71.7 Å². The van der Waals surface area contributed by atoms with Crippen molar-refractivity contribution in [1.29, 1.82) is 0 Å². The van der Waals surface area contributed by atoms with Gasteiger partial charge in [0.1, 0.15) is 5.56 Å². The van der Waals surface area contributed by atoms with E-state index in [4.69, 9.17) is 25.2 Å². The monoisotopic (exact) mass is 479 g/mol. The van der Waals surface area contributed by atoms with E-state index < -0.39 is 19.9 Å². The van der Waals surface area contributed by atoms with Gasteiger partial charge in [0.15, 0.2) is 25.3 Å². The number of carbonyl (C=O) groups is 2. The molecule has 6 nitrogen and oxygen atoms in total. The van der Waals surface area contributed by atoms with E-state index in [9.17, 15) is 9.59 Å². The zero-order valence-electron chi connectivity index (χ0n) is 20.3. The zero-order chi connectivity index (χ0) is 24.1. The Morgan fingerprint density at radius 2 is 1.94 bits per heavy atom. The van der Waals surface area contributed by atoms with Gasteiger partial charge in [0.25, 0.3) is 5.91 Å². The first kappa shape index (κ1) is 24.8. The summed E-state index contributed by atoms with van der Waals surface area (Å²) in [6, 6.07) is 3.22. The summed E-state index contributed by atoms with van der Waals surface area (Å²) in [4.78, 5) is 25.5. The number of esters is 1. The molecule has 1 aliphatic heterocycles. The number of nitrogens with one attached hydrogen (secondary N) is 1. The number of carbonyl (C=O) groups excluding carboxylic acids is 2. The standard InChI is InChI=1S/C24H34ClNO5Si/c1-14(2)13-24(6)20-18(22(28)31-24)16-11-15(12-17(25)19(16)30-20)21(27)26-9-10-29-32(7,8)23(3,4)5/h11-12,14H,9-10,13H2,1-8H3,(H,26,27). The minimum atomic E-state index is -1.87. The van der Waals surface area contributed by atoms with Crippen LogP contribution in [0.4, 0.5) is 0 Å². The third-order valence-corrected chi connectivity index (χ3v) is 11.3. The average Bonchev–Trinajstić information content (AvgIpc) is 3.14. The lowest BCUT2D eigenvalue weighted by Crippen LogP contribution is -2.42. The Labute approximate surface area is 196 Å². The Hall–Kier alpha value is -1.83. The van der Waals surface area contributed by atoms with E-state index in [1.165, 1.54) is 0 Å². The van der Waals surface area contributed by atoms with E-state index in [0.717, 1.165) is 0 Å². The summed E-state index contributed by atoms with van der Waals surface area (Å²) in [5, 5.41) is 3.79. The SMILES string of the molecule is CC(C)CC1(C)OC(=O)c2c1oc1c(Cl)cc(C(=O)NCCO[Si](C)(C)C(C)(C)C)cc21. The van der Waals surface area contributed by atoms with Crippen molar-refractivity contribution in [3.8, 4) is 0 Å². The fourth-order valence-electron chi connectivity index (χ4n) is 3.87. The lowest BCUT2D eigenvalue weighted by atomic mass is 9.91. The molecule has 1 unspecified atom stereocenters. The Kier molecular flexibility index (Phi) is 6.59. The summed E-state index contributed by atoms with van der Waals surface area (Å²) < 4.78 is 17.8. The fraction of sp³-hybridized carbons (Fsp3) is 0.583. The van der Waals surface area contributed by atoms with Gasteiger partial charge in [-0.25, -0.2) is 4.79 Å². The van der Waals surface area contributed by atoms with Crippen LogP contribution in [0, 0.1) is 5.92 Å². The number of amides is 1. The van der Waals surface area contributed by atoms with Crippen molar-refractivity contribution < 1.29 is 23.2 Å². The fourth-order valence-corrected chi connectivity index (χ4v) is 5.17. The molecular weight excluding hydrogens is 446 g/mol. The first-order chi connectivity index (χ1) is 14.7. The summed E-state index contributed by atoms with van der Waals surface area (Å²) in [7, 11) is -1.87. The van der Waals surface area contributed by atoms with E-state index in [1.54, 1.807) is 12.1 Å². The number of hydrogen-bond donors (Lipinski definition) is 1. The molecule has 0 radical (unpaired) electrons. The Morgan fingerprint density at radius 1 is 1.28 bits per heavy atom. The summed E-state index contributed by atoms with van der Waals surface area (Å²) in [6.07, 6.45) is 0.630. The molecule has 1 aliphatic rings. The highest BCUT2D eigenvalue weighted by Crippen LogP contribution is 2.46. The first-order valence-electron chi connectivity index (χ1n) is 11.1. The predicted octanol–water partition coefficient (Wildman–Crippen LogP) is 6.27. The van der Waals surface area contributed by atoms with E-state index in [-0.39, 0.29) is 10.9 Å². The molecule has 2 heterocycles. The van der Waals surface area contributed by atoms with E-state index in [0.29, 0.717) is 58.4 Å². The Morgan fingerprint density at radius 3 is 2.53 bits per heavy atom. The van der Waals surface area contributed by atoms with Gasteiger partial charge in [-0.2, -0.15) is 0 Å². The van der Waals surface area contributed by atoms with Crippen molar-refractivity contribution >= 4 is 42.8 Å². The first-order valence-corrected chi connectivity index (χ1v) is 14.4. The van der Waals surface area contributed by atoms with Crippen molar-refractivity contribution in [1.82, 2.24) is 5.32 Å². The molecule has 1 aromatic heterocycles. The molecule has 3 rings (SSSR count). The van der Waals surface area contributed by atoms with Crippen LogP contribution in [0.3, 0.4) is 0 Å². The maximum atomic E-state index is 12.8.